The van der Waals surface area contributed by atoms with Crippen LogP contribution in [-0.4, -0.2) is 53.3 Å². The number of halogens is 1. The van der Waals surface area contributed by atoms with E-state index in [1.165, 1.54) is 24.3 Å². The number of hydrogen-bond donors (Lipinski definition) is 3. The van der Waals surface area contributed by atoms with E-state index >= 15 is 0 Å². The van der Waals surface area contributed by atoms with Crippen molar-refractivity contribution in [1.82, 2.24) is 15.6 Å². The summed E-state index contributed by atoms with van der Waals surface area (Å²) in [7, 11) is -8.16. The highest BCUT2D eigenvalue weighted by atomic mass is 35.5. The summed E-state index contributed by atoms with van der Waals surface area (Å²) >= 11 is 0. The Morgan fingerprint density at radius 1 is 0.811 bits per heavy atom. The second-order valence-corrected chi connectivity index (χ2v) is 11.6. The minimum atomic E-state index is -4.17. The number of sulfonamides is 2. The van der Waals surface area contributed by atoms with Crippen LogP contribution < -0.4 is 19.7 Å². The first kappa shape index (κ1) is 26.7. The van der Waals surface area contributed by atoms with Crippen LogP contribution in [0.15, 0.2) is 81.2 Å². The van der Waals surface area contributed by atoms with E-state index in [9.17, 15) is 16.8 Å². The highest BCUT2D eigenvalue weighted by Gasteiger charge is 2.24. The van der Waals surface area contributed by atoms with Crippen LogP contribution in [0.2, 0.25) is 0 Å². The molecule has 0 saturated carbocycles. The number of benzene rings is 3. The molecule has 0 aliphatic carbocycles. The van der Waals surface area contributed by atoms with E-state index in [4.69, 9.17) is 0 Å². The maximum atomic E-state index is 13.3. The van der Waals surface area contributed by atoms with Gasteiger partial charge in [-0.1, -0.05) is 24.3 Å². The van der Waals surface area contributed by atoms with Gasteiger partial charge in [-0.3, -0.25) is 9.44 Å². The van der Waals surface area contributed by atoms with E-state index in [1.54, 1.807) is 42.5 Å². The second-order valence-electron chi connectivity index (χ2n) is 8.23. The Kier molecular flexibility index (Phi) is 7.87. The number of rotatable bonds is 7. The Morgan fingerprint density at radius 3 is 2.41 bits per heavy atom. The summed E-state index contributed by atoms with van der Waals surface area (Å²) in [5, 5.41) is 10.7. The van der Waals surface area contributed by atoms with Gasteiger partial charge in [0.15, 0.2) is 5.52 Å². The molecular formula is C23H25ClN6O5S2. The van der Waals surface area contributed by atoms with Crippen LogP contribution >= 0.6 is 12.4 Å². The summed E-state index contributed by atoms with van der Waals surface area (Å²) in [5.41, 5.74) is 1.30. The van der Waals surface area contributed by atoms with Crippen molar-refractivity contribution >= 4 is 60.5 Å². The minimum Gasteiger partial charge on any atom is -0.370 e. The Hall–Kier alpha value is -3.39. The molecule has 1 aliphatic heterocycles. The van der Waals surface area contributed by atoms with Gasteiger partial charge < -0.3 is 10.2 Å². The fraction of sp³-hybridized carbons (Fsp3) is 0.217. The van der Waals surface area contributed by atoms with Crippen molar-refractivity contribution in [2.45, 2.75) is 16.2 Å². The molecule has 0 spiro atoms. The number of anilines is 3. The molecule has 0 bridgehead atoms. The van der Waals surface area contributed by atoms with Crippen molar-refractivity contribution < 1.29 is 21.5 Å². The highest BCUT2D eigenvalue weighted by molar-refractivity contribution is 7.93. The highest BCUT2D eigenvalue weighted by Crippen LogP contribution is 2.33. The summed E-state index contributed by atoms with van der Waals surface area (Å²) in [6.07, 6.45) is 0.926. The van der Waals surface area contributed by atoms with Gasteiger partial charge in [-0.2, -0.15) is 0 Å². The van der Waals surface area contributed by atoms with E-state index in [0.717, 1.165) is 38.3 Å². The standard InChI is InChI=1S/C23H24N6O5S2.ClH/c30-35(31,18-6-2-1-3-7-18)28-21-16-17(29-14-5-12-24-13-15-29)10-11-19(21)27-36(32,33)22-9-4-8-20-23(22)26-34-25-20;/h1-4,6-11,16,24,27-28H,5,12-15H2;1H. The zero-order valence-electron chi connectivity index (χ0n) is 19.5. The predicted octanol–water partition coefficient (Wildman–Crippen LogP) is 3.05. The molecule has 0 radical (unpaired) electrons. The number of nitrogens with one attached hydrogen (secondary N) is 3. The molecule has 1 saturated heterocycles. The first-order valence-electron chi connectivity index (χ1n) is 11.3. The van der Waals surface area contributed by atoms with Gasteiger partial charge in [0.1, 0.15) is 10.4 Å². The van der Waals surface area contributed by atoms with Crippen molar-refractivity contribution in [1.29, 1.82) is 0 Å². The monoisotopic (exact) mass is 564 g/mol. The third kappa shape index (κ3) is 5.80. The summed E-state index contributed by atoms with van der Waals surface area (Å²) < 4.78 is 62.6. The van der Waals surface area contributed by atoms with E-state index in [1.807, 2.05) is 0 Å². The molecule has 37 heavy (non-hydrogen) atoms. The molecule has 196 valence electrons. The van der Waals surface area contributed by atoms with E-state index in [0.29, 0.717) is 0 Å². The SMILES string of the molecule is Cl.O=S(=O)(Nc1cc(N2CCCNCC2)ccc1NS(=O)(=O)c1cccc2nonc12)c1ccccc1. The van der Waals surface area contributed by atoms with Crippen molar-refractivity contribution in [3.05, 3.63) is 66.7 Å². The van der Waals surface area contributed by atoms with Gasteiger partial charge in [-0.25, -0.2) is 21.5 Å². The number of aromatic nitrogens is 2. The van der Waals surface area contributed by atoms with E-state index in [-0.39, 0.29) is 44.6 Å². The average molecular weight is 565 g/mol. The lowest BCUT2D eigenvalue weighted by Gasteiger charge is -2.24. The summed E-state index contributed by atoms with van der Waals surface area (Å²) in [6.45, 7) is 3.20. The fourth-order valence-corrected chi connectivity index (χ4v) is 6.33. The van der Waals surface area contributed by atoms with Crippen molar-refractivity contribution in [2.75, 3.05) is 40.5 Å². The molecule has 11 nitrogen and oxygen atoms in total. The third-order valence-corrected chi connectivity index (χ3v) is 8.57. The molecule has 3 N–H and O–H groups in total. The second kappa shape index (κ2) is 10.9. The fourth-order valence-electron chi connectivity index (χ4n) is 4.01. The maximum absolute atomic E-state index is 13.3. The quantitative estimate of drug-likeness (QED) is 0.308. The topological polar surface area (TPSA) is 147 Å². The van der Waals surface area contributed by atoms with Gasteiger partial charge in [-0.15, -0.1) is 12.4 Å². The molecular weight excluding hydrogens is 540 g/mol. The Bertz CT molecular complexity index is 1590. The minimum absolute atomic E-state index is 0. The van der Waals surface area contributed by atoms with Crippen LogP contribution in [0.4, 0.5) is 17.1 Å². The smallest absolute Gasteiger partial charge is 0.264 e. The number of fused-ring (bicyclic) bond motifs is 1. The maximum Gasteiger partial charge on any atom is 0.264 e. The first-order chi connectivity index (χ1) is 17.3. The molecule has 3 aromatic carbocycles. The van der Waals surface area contributed by atoms with E-state index in [2.05, 4.69) is 34.6 Å². The van der Waals surface area contributed by atoms with Crippen LogP contribution in [0.25, 0.3) is 11.0 Å². The van der Waals surface area contributed by atoms with Gasteiger partial charge in [0.2, 0.25) is 0 Å². The van der Waals surface area contributed by atoms with Crippen LogP contribution in [0, 0.1) is 0 Å². The largest absolute Gasteiger partial charge is 0.370 e. The molecule has 2 heterocycles. The molecule has 0 atom stereocenters. The molecule has 0 amide bonds. The lowest BCUT2D eigenvalue weighted by atomic mass is 10.2. The Labute approximate surface area is 220 Å². The third-order valence-electron chi connectivity index (χ3n) is 5.79. The summed E-state index contributed by atoms with van der Waals surface area (Å²) in [5.74, 6) is 0. The lowest BCUT2D eigenvalue weighted by molar-refractivity contribution is 0.315. The van der Waals surface area contributed by atoms with Crippen LogP contribution in [-0.2, 0) is 20.0 Å². The summed E-state index contributed by atoms with van der Waals surface area (Å²) in [6, 6.07) is 17.3. The van der Waals surface area contributed by atoms with Crippen molar-refractivity contribution in [2.24, 2.45) is 0 Å². The molecule has 4 aromatic rings. The lowest BCUT2D eigenvalue weighted by Crippen LogP contribution is -2.28. The Morgan fingerprint density at radius 2 is 1.59 bits per heavy atom. The molecule has 1 aromatic heterocycles. The van der Waals surface area contributed by atoms with Gasteiger partial charge in [-0.05, 0) is 65.7 Å². The predicted molar refractivity (Wildman–Crippen MR) is 143 cm³/mol. The zero-order valence-corrected chi connectivity index (χ0v) is 21.9. The first-order valence-corrected chi connectivity index (χ1v) is 14.2. The number of nitrogens with zero attached hydrogens (tertiary/aromatic N) is 3. The normalized spacial score (nSPS) is 14.5. The van der Waals surface area contributed by atoms with Crippen molar-refractivity contribution in [3.8, 4) is 0 Å². The van der Waals surface area contributed by atoms with Crippen molar-refractivity contribution in [3.63, 3.8) is 0 Å². The van der Waals surface area contributed by atoms with Gasteiger partial charge in [0.25, 0.3) is 20.0 Å². The van der Waals surface area contributed by atoms with Crippen LogP contribution in [0.1, 0.15) is 6.42 Å². The average Bonchev–Trinajstić information content (AvgIpc) is 3.19. The molecule has 1 aliphatic rings. The molecule has 14 heteroatoms. The van der Waals surface area contributed by atoms with Gasteiger partial charge >= 0.3 is 0 Å². The van der Waals surface area contributed by atoms with E-state index < -0.39 is 20.0 Å². The molecule has 0 unspecified atom stereocenters. The molecule has 5 rings (SSSR count). The zero-order chi connectivity index (χ0) is 25.2. The van der Waals surface area contributed by atoms with Crippen LogP contribution in [0.5, 0.6) is 0 Å². The van der Waals surface area contributed by atoms with Gasteiger partial charge in [0, 0.05) is 25.3 Å². The van der Waals surface area contributed by atoms with Crippen LogP contribution in [0.3, 0.4) is 0 Å². The van der Waals surface area contributed by atoms with Gasteiger partial charge in [0.05, 0.1) is 16.3 Å². The molecule has 1 fully saturated rings. The number of hydrogen-bond acceptors (Lipinski definition) is 9. The Balaban J connectivity index is 0.00000320. The summed E-state index contributed by atoms with van der Waals surface area (Å²) in [4.78, 5) is 2.04.